The molecular formula is C30H48N2O3. The second-order valence-electron chi connectivity index (χ2n) is 10.2. The molecule has 0 aromatic heterocycles. The van der Waals surface area contributed by atoms with Crippen molar-refractivity contribution in [1.82, 2.24) is 4.90 Å². The van der Waals surface area contributed by atoms with E-state index in [4.69, 9.17) is 19.6 Å². The molecule has 35 heavy (non-hydrogen) atoms. The molecule has 1 aromatic carbocycles. The fraction of sp³-hybridized carbons (Fsp3) is 0.667. The van der Waals surface area contributed by atoms with Crippen LogP contribution in [0.1, 0.15) is 70.4 Å². The summed E-state index contributed by atoms with van der Waals surface area (Å²) in [5.74, 6) is 4.45. The normalized spacial score (nSPS) is 26.3. The van der Waals surface area contributed by atoms with Gasteiger partial charge in [0.25, 0.3) is 0 Å². The molecule has 2 unspecified atom stereocenters. The van der Waals surface area contributed by atoms with Gasteiger partial charge in [0.15, 0.2) is 0 Å². The summed E-state index contributed by atoms with van der Waals surface area (Å²) in [6.45, 7) is 13.6. The molecule has 2 heterocycles. The first-order valence-electron chi connectivity index (χ1n) is 13.5. The van der Waals surface area contributed by atoms with Gasteiger partial charge in [-0.25, -0.2) is 0 Å². The second-order valence-corrected chi connectivity index (χ2v) is 10.2. The van der Waals surface area contributed by atoms with Gasteiger partial charge < -0.3 is 14.6 Å². The standard InChI is InChI=1S/C27H40N2O.C2H4O.CH4O/c1-5-22-15-20(3)16-27(28-18-22)29-11-8-23(9-12-29)25-17-24(25)10-13-30-26-7-6-19(2)14-21(26)4;1-2-3;1-2/h6-7,14-15,18,20,23-25,27H,5,8-13,16-17H2,1-4H3;2H,1H3;2H,1H3/t20?,24-,25+,27?;;/m0../s1. The highest BCUT2D eigenvalue weighted by Gasteiger charge is 2.43. The number of aliphatic hydroxyl groups is 1. The number of carbonyl (C=O) groups is 1. The minimum Gasteiger partial charge on any atom is -0.493 e. The van der Waals surface area contributed by atoms with Gasteiger partial charge in [-0.15, -0.1) is 0 Å². The monoisotopic (exact) mass is 484 g/mol. The molecule has 1 saturated carbocycles. The van der Waals surface area contributed by atoms with E-state index < -0.39 is 0 Å². The molecule has 1 N–H and O–H groups in total. The van der Waals surface area contributed by atoms with Gasteiger partial charge in [-0.05, 0) is 100 Å². The van der Waals surface area contributed by atoms with Crippen molar-refractivity contribution in [1.29, 1.82) is 0 Å². The zero-order chi connectivity index (χ0) is 25.8. The van der Waals surface area contributed by atoms with Crippen LogP contribution in [-0.4, -0.2) is 55.5 Å². The van der Waals surface area contributed by atoms with E-state index in [0.29, 0.717) is 12.1 Å². The van der Waals surface area contributed by atoms with Crippen LogP contribution in [-0.2, 0) is 4.79 Å². The lowest BCUT2D eigenvalue weighted by Crippen LogP contribution is -2.41. The SMILES string of the molecule is CC=O.CCC1=CC(C)CC(N2CCC([C@H]3C[C@@H]3CCOc3ccc(C)cc3C)CC2)N=C1.CO. The summed E-state index contributed by atoms with van der Waals surface area (Å²) in [5.41, 5.74) is 3.97. The number of allylic oxidation sites excluding steroid dienone is 2. The maximum absolute atomic E-state index is 8.81. The van der Waals surface area contributed by atoms with E-state index in [0.717, 1.165) is 49.9 Å². The number of rotatable bonds is 7. The van der Waals surface area contributed by atoms with Crippen LogP contribution in [0.2, 0.25) is 0 Å². The molecule has 5 nitrogen and oxygen atoms in total. The number of aryl methyl sites for hydroxylation is 2. The molecule has 0 amide bonds. The Morgan fingerprint density at radius 3 is 2.49 bits per heavy atom. The van der Waals surface area contributed by atoms with Crippen LogP contribution in [0.5, 0.6) is 5.75 Å². The van der Waals surface area contributed by atoms with Gasteiger partial charge in [0.1, 0.15) is 18.2 Å². The summed E-state index contributed by atoms with van der Waals surface area (Å²) >= 11 is 0. The molecular weight excluding hydrogens is 436 g/mol. The molecule has 2 aliphatic heterocycles. The van der Waals surface area contributed by atoms with Crippen molar-refractivity contribution in [3.63, 3.8) is 0 Å². The Balaban J connectivity index is 0.000000803. The average molecular weight is 485 g/mol. The predicted molar refractivity (Wildman–Crippen MR) is 146 cm³/mol. The maximum Gasteiger partial charge on any atom is 0.122 e. The highest BCUT2D eigenvalue weighted by atomic mass is 16.5. The Morgan fingerprint density at radius 1 is 1.17 bits per heavy atom. The molecule has 0 spiro atoms. The van der Waals surface area contributed by atoms with Crippen molar-refractivity contribution in [2.75, 3.05) is 26.8 Å². The van der Waals surface area contributed by atoms with E-state index >= 15 is 0 Å². The molecule has 0 bridgehead atoms. The topological polar surface area (TPSA) is 62.1 Å². The Kier molecular flexibility index (Phi) is 12.7. The van der Waals surface area contributed by atoms with E-state index in [9.17, 15) is 0 Å². The number of likely N-dealkylation sites (tertiary alicyclic amines) is 1. The Morgan fingerprint density at radius 2 is 1.86 bits per heavy atom. The molecule has 3 aliphatic rings. The first-order valence-corrected chi connectivity index (χ1v) is 13.5. The van der Waals surface area contributed by atoms with Crippen LogP contribution in [0, 0.1) is 37.5 Å². The highest BCUT2D eigenvalue weighted by molar-refractivity contribution is 5.78. The van der Waals surface area contributed by atoms with Gasteiger partial charge in [0.2, 0.25) is 0 Å². The van der Waals surface area contributed by atoms with Crippen molar-refractivity contribution >= 4 is 12.5 Å². The lowest BCUT2D eigenvalue weighted by Gasteiger charge is -2.36. The first-order chi connectivity index (χ1) is 16.9. The van der Waals surface area contributed by atoms with Gasteiger partial charge >= 0.3 is 0 Å². The third kappa shape index (κ3) is 9.20. The van der Waals surface area contributed by atoms with Crippen LogP contribution in [0.3, 0.4) is 0 Å². The van der Waals surface area contributed by atoms with Gasteiger partial charge in [-0.2, -0.15) is 0 Å². The number of aliphatic imine (C=N–C) groups is 1. The second kappa shape index (κ2) is 15.2. The molecule has 2 fully saturated rings. The van der Waals surface area contributed by atoms with E-state index in [1.165, 1.54) is 68.8 Å². The van der Waals surface area contributed by atoms with Gasteiger partial charge in [-0.1, -0.05) is 37.6 Å². The summed E-state index contributed by atoms with van der Waals surface area (Å²) in [4.78, 5) is 16.4. The summed E-state index contributed by atoms with van der Waals surface area (Å²) in [7, 11) is 1.00. The lowest BCUT2D eigenvalue weighted by atomic mass is 9.90. The van der Waals surface area contributed by atoms with Crippen molar-refractivity contribution in [2.24, 2.45) is 28.7 Å². The third-order valence-corrected chi connectivity index (χ3v) is 7.56. The van der Waals surface area contributed by atoms with Gasteiger partial charge in [-0.3, -0.25) is 9.89 Å². The molecule has 0 radical (unpaired) electrons. The Bertz CT molecular complexity index is 827. The first kappa shape index (κ1) is 29.3. The number of aliphatic hydroxyl groups excluding tert-OH is 1. The van der Waals surface area contributed by atoms with Crippen LogP contribution in [0.15, 0.2) is 34.8 Å². The van der Waals surface area contributed by atoms with E-state index in [2.05, 4.69) is 63.1 Å². The summed E-state index contributed by atoms with van der Waals surface area (Å²) in [5, 5.41) is 7.00. The molecule has 1 aliphatic carbocycles. The number of ether oxygens (including phenoxy) is 1. The molecule has 5 heteroatoms. The molecule has 1 saturated heterocycles. The fourth-order valence-electron chi connectivity index (χ4n) is 5.61. The number of benzene rings is 1. The lowest BCUT2D eigenvalue weighted by molar-refractivity contribution is -0.106. The summed E-state index contributed by atoms with van der Waals surface area (Å²) in [6.07, 6.45) is 13.3. The Labute approximate surface area is 213 Å². The number of nitrogens with zero attached hydrogens (tertiary/aromatic N) is 2. The molecule has 4 rings (SSSR count). The predicted octanol–water partition coefficient (Wildman–Crippen LogP) is 6.01. The van der Waals surface area contributed by atoms with Gasteiger partial charge in [0.05, 0.1) is 6.61 Å². The number of aldehydes is 1. The van der Waals surface area contributed by atoms with E-state index in [-0.39, 0.29) is 0 Å². The van der Waals surface area contributed by atoms with Crippen molar-refractivity contribution in [3.05, 3.63) is 41.0 Å². The molecule has 196 valence electrons. The van der Waals surface area contributed by atoms with Crippen molar-refractivity contribution in [3.8, 4) is 5.75 Å². The number of hydrogen-bond donors (Lipinski definition) is 1. The van der Waals surface area contributed by atoms with E-state index in [1.54, 1.807) is 0 Å². The smallest absolute Gasteiger partial charge is 0.122 e. The number of hydrogen-bond acceptors (Lipinski definition) is 5. The minimum absolute atomic E-state index is 0.391. The van der Waals surface area contributed by atoms with Crippen LogP contribution in [0.25, 0.3) is 0 Å². The van der Waals surface area contributed by atoms with Gasteiger partial charge in [0, 0.05) is 26.4 Å². The van der Waals surface area contributed by atoms with Crippen molar-refractivity contribution in [2.45, 2.75) is 79.3 Å². The zero-order valence-corrected chi connectivity index (χ0v) is 22.9. The fourth-order valence-corrected chi connectivity index (χ4v) is 5.61. The average Bonchev–Trinajstić information content (AvgIpc) is 3.66. The largest absolute Gasteiger partial charge is 0.493 e. The minimum atomic E-state index is 0.391. The number of piperidine rings is 1. The quantitative estimate of drug-likeness (QED) is 0.482. The van der Waals surface area contributed by atoms with Crippen LogP contribution < -0.4 is 4.74 Å². The highest BCUT2D eigenvalue weighted by Crippen LogP contribution is 2.50. The summed E-state index contributed by atoms with van der Waals surface area (Å²) < 4.78 is 6.09. The molecule has 1 aromatic rings. The van der Waals surface area contributed by atoms with Crippen LogP contribution >= 0.6 is 0 Å². The number of carbonyl (C=O) groups excluding carboxylic acids is 1. The van der Waals surface area contributed by atoms with Crippen LogP contribution in [0.4, 0.5) is 0 Å². The Hall–Kier alpha value is -1.98. The molecule has 4 atom stereocenters. The zero-order valence-electron chi connectivity index (χ0n) is 22.9. The third-order valence-electron chi connectivity index (χ3n) is 7.56. The summed E-state index contributed by atoms with van der Waals surface area (Å²) in [6, 6.07) is 6.48. The maximum atomic E-state index is 8.81. The van der Waals surface area contributed by atoms with E-state index in [1.807, 2.05) is 0 Å². The van der Waals surface area contributed by atoms with Crippen molar-refractivity contribution < 1.29 is 14.6 Å².